The van der Waals surface area contributed by atoms with Crippen molar-refractivity contribution in [2.45, 2.75) is 38.5 Å². The van der Waals surface area contributed by atoms with Crippen molar-refractivity contribution in [2.75, 3.05) is 25.5 Å². The second kappa shape index (κ2) is 5.16. The first-order chi connectivity index (χ1) is 7.16. The summed E-state index contributed by atoms with van der Waals surface area (Å²) >= 11 is 0. The lowest BCUT2D eigenvalue weighted by Crippen LogP contribution is -2.51. The van der Waals surface area contributed by atoms with Crippen LogP contribution in [0.3, 0.4) is 0 Å². The molecule has 1 unspecified atom stereocenters. The third-order valence-corrected chi connectivity index (χ3v) is 4.74. The van der Waals surface area contributed by atoms with Crippen molar-refractivity contribution in [3.05, 3.63) is 0 Å². The van der Waals surface area contributed by atoms with Crippen LogP contribution < -0.4 is 4.72 Å². The Balaban J connectivity index is 2.48. The van der Waals surface area contributed by atoms with E-state index in [2.05, 4.69) is 29.3 Å². The molecule has 0 aliphatic carbocycles. The molecule has 0 spiro atoms. The van der Waals surface area contributed by atoms with Gasteiger partial charge >= 0.3 is 0 Å². The van der Waals surface area contributed by atoms with Crippen LogP contribution in [0.25, 0.3) is 0 Å². The van der Waals surface area contributed by atoms with Crippen molar-refractivity contribution >= 4 is 18.1 Å². The maximum Gasteiger partial charge on any atom is 0.208 e. The van der Waals surface area contributed by atoms with E-state index in [9.17, 15) is 8.42 Å². The van der Waals surface area contributed by atoms with E-state index in [1.165, 1.54) is 6.26 Å². The summed E-state index contributed by atoms with van der Waals surface area (Å²) in [6.45, 7) is 9.03. The average Bonchev–Trinajstić information content (AvgIpc) is 1.96. The fourth-order valence-electron chi connectivity index (χ4n) is 2.27. The summed E-state index contributed by atoms with van der Waals surface area (Å²) in [4.78, 5) is 2.42. The molecule has 6 heteroatoms. The molecule has 1 heterocycles. The zero-order chi connectivity index (χ0) is 12.4. The molecule has 1 aliphatic heterocycles. The monoisotopic (exact) mass is 264 g/mol. The zero-order valence-corrected chi connectivity index (χ0v) is 12.6. The number of nitrogens with zero attached hydrogens (tertiary/aromatic N) is 1. The van der Waals surface area contributed by atoms with Gasteiger partial charge in [0.15, 0.2) is 0 Å². The lowest BCUT2D eigenvalue weighted by Gasteiger charge is -2.36. The Kier molecular flexibility index (Phi) is 4.56. The smallest absolute Gasteiger partial charge is 0.208 e. The molecule has 1 N–H and O–H groups in total. The van der Waals surface area contributed by atoms with E-state index in [0.29, 0.717) is 0 Å². The molecule has 1 aliphatic rings. The Labute approximate surface area is 100 Å². The highest BCUT2D eigenvalue weighted by molar-refractivity contribution is 7.88. The summed E-state index contributed by atoms with van der Waals surface area (Å²) in [6, 6.07) is 0.111. The van der Waals surface area contributed by atoms with Gasteiger partial charge < -0.3 is 4.90 Å². The SMILES string of the molecule is C[Si](C)(C)CN1CCCC(NS(C)(=O)=O)C1. The minimum absolute atomic E-state index is 0.111. The highest BCUT2D eigenvalue weighted by Gasteiger charge is 2.25. The van der Waals surface area contributed by atoms with E-state index in [4.69, 9.17) is 0 Å². The molecule has 1 fully saturated rings. The van der Waals surface area contributed by atoms with Crippen molar-refractivity contribution in [3.8, 4) is 0 Å². The van der Waals surface area contributed by atoms with Gasteiger partial charge in [-0.3, -0.25) is 0 Å². The number of hydrogen-bond acceptors (Lipinski definition) is 3. The normalized spacial score (nSPS) is 24.6. The van der Waals surface area contributed by atoms with Gasteiger partial charge in [0.25, 0.3) is 0 Å². The highest BCUT2D eigenvalue weighted by atomic mass is 32.2. The van der Waals surface area contributed by atoms with Crippen LogP contribution in [-0.4, -0.2) is 52.9 Å². The molecule has 0 bridgehead atoms. The number of rotatable bonds is 4. The van der Waals surface area contributed by atoms with Gasteiger partial charge in [0, 0.05) is 12.6 Å². The Morgan fingerprint density at radius 3 is 2.50 bits per heavy atom. The fourth-order valence-corrected chi connectivity index (χ4v) is 4.70. The lowest BCUT2D eigenvalue weighted by atomic mass is 10.1. The Morgan fingerprint density at radius 1 is 1.38 bits per heavy atom. The minimum Gasteiger partial charge on any atom is -0.305 e. The molecule has 0 aromatic heterocycles. The van der Waals surface area contributed by atoms with E-state index < -0.39 is 18.1 Å². The molecule has 1 saturated heterocycles. The van der Waals surface area contributed by atoms with Crippen LogP contribution >= 0.6 is 0 Å². The lowest BCUT2D eigenvalue weighted by molar-refractivity contribution is 0.227. The molecule has 96 valence electrons. The van der Waals surface area contributed by atoms with Gasteiger partial charge in [0.2, 0.25) is 10.0 Å². The Morgan fingerprint density at radius 2 is 2.00 bits per heavy atom. The van der Waals surface area contributed by atoms with Crippen LogP contribution in [0.5, 0.6) is 0 Å². The first-order valence-corrected chi connectivity index (χ1v) is 11.5. The summed E-state index contributed by atoms with van der Waals surface area (Å²) in [5.74, 6) is 0. The molecular weight excluding hydrogens is 240 g/mol. The van der Waals surface area contributed by atoms with E-state index in [-0.39, 0.29) is 6.04 Å². The van der Waals surface area contributed by atoms with Gasteiger partial charge in [-0.2, -0.15) is 0 Å². The minimum atomic E-state index is -3.06. The maximum absolute atomic E-state index is 11.2. The Bertz CT molecular complexity index is 324. The second-order valence-electron chi connectivity index (χ2n) is 6.02. The summed E-state index contributed by atoms with van der Waals surface area (Å²) in [7, 11) is -4.14. The molecule has 0 radical (unpaired) electrons. The zero-order valence-electron chi connectivity index (χ0n) is 10.8. The van der Waals surface area contributed by atoms with Crippen LogP contribution in [0.15, 0.2) is 0 Å². The summed E-state index contributed by atoms with van der Waals surface area (Å²) < 4.78 is 25.1. The van der Waals surface area contributed by atoms with Crippen LogP contribution in [0.2, 0.25) is 19.6 Å². The third kappa shape index (κ3) is 5.98. The summed E-state index contributed by atoms with van der Waals surface area (Å²) in [5, 5.41) is 0. The van der Waals surface area contributed by atoms with Gasteiger partial charge in [0.1, 0.15) is 0 Å². The van der Waals surface area contributed by atoms with Crippen LogP contribution in [0.4, 0.5) is 0 Å². The van der Waals surface area contributed by atoms with Gasteiger partial charge in [-0.05, 0) is 25.6 Å². The van der Waals surface area contributed by atoms with Crippen LogP contribution in [0, 0.1) is 0 Å². The largest absolute Gasteiger partial charge is 0.305 e. The van der Waals surface area contributed by atoms with Crippen molar-refractivity contribution in [1.29, 1.82) is 0 Å². The number of sulfonamides is 1. The van der Waals surface area contributed by atoms with Crippen LogP contribution in [-0.2, 0) is 10.0 Å². The average molecular weight is 264 g/mol. The third-order valence-electron chi connectivity index (χ3n) is 2.58. The van der Waals surface area contributed by atoms with Crippen molar-refractivity contribution in [1.82, 2.24) is 9.62 Å². The number of hydrogen-bond donors (Lipinski definition) is 1. The standard InChI is InChI=1S/C10H24N2O2SSi/c1-15(13,14)11-10-6-5-7-12(8-10)9-16(2,3)4/h10-11H,5-9H2,1-4H3. The van der Waals surface area contributed by atoms with E-state index >= 15 is 0 Å². The summed E-state index contributed by atoms with van der Waals surface area (Å²) in [6.07, 6.45) is 4.46. The van der Waals surface area contributed by atoms with E-state index in [0.717, 1.165) is 32.1 Å². The first-order valence-electron chi connectivity index (χ1n) is 5.85. The Hall–Kier alpha value is 0.0869. The number of likely N-dealkylation sites (tertiary alicyclic amines) is 1. The molecule has 0 aromatic carbocycles. The van der Waals surface area contributed by atoms with E-state index in [1.807, 2.05) is 0 Å². The molecule has 0 aromatic rings. The first kappa shape index (κ1) is 14.1. The van der Waals surface area contributed by atoms with E-state index in [1.54, 1.807) is 0 Å². The van der Waals surface area contributed by atoms with Gasteiger partial charge in [-0.15, -0.1) is 0 Å². The quantitative estimate of drug-likeness (QED) is 0.767. The predicted octanol–water partition coefficient (Wildman–Crippen LogP) is 0.877. The number of nitrogens with one attached hydrogen (secondary N) is 1. The molecule has 0 amide bonds. The molecule has 16 heavy (non-hydrogen) atoms. The molecule has 0 saturated carbocycles. The molecule has 4 nitrogen and oxygen atoms in total. The van der Waals surface area contributed by atoms with Crippen molar-refractivity contribution in [3.63, 3.8) is 0 Å². The molecular formula is C10H24N2O2SSi. The van der Waals surface area contributed by atoms with Gasteiger partial charge in [0.05, 0.1) is 14.3 Å². The summed E-state index contributed by atoms with van der Waals surface area (Å²) in [5.41, 5.74) is 0. The second-order valence-corrected chi connectivity index (χ2v) is 13.2. The topological polar surface area (TPSA) is 49.4 Å². The highest BCUT2D eigenvalue weighted by Crippen LogP contribution is 2.13. The predicted molar refractivity (Wildman–Crippen MR) is 70.8 cm³/mol. The van der Waals surface area contributed by atoms with Gasteiger partial charge in [-0.25, -0.2) is 13.1 Å². The van der Waals surface area contributed by atoms with Crippen molar-refractivity contribution in [2.24, 2.45) is 0 Å². The van der Waals surface area contributed by atoms with Gasteiger partial charge in [-0.1, -0.05) is 19.6 Å². The van der Waals surface area contributed by atoms with Crippen LogP contribution in [0.1, 0.15) is 12.8 Å². The number of piperidine rings is 1. The fraction of sp³-hybridized carbons (Fsp3) is 1.00. The van der Waals surface area contributed by atoms with Crippen molar-refractivity contribution < 1.29 is 8.42 Å². The maximum atomic E-state index is 11.2. The molecule has 1 rings (SSSR count). The molecule has 1 atom stereocenters.